The lowest BCUT2D eigenvalue weighted by Gasteiger charge is -2.39. The van der Waals surface area contributed by atoms with E-state index in [2.05, 4.69) is 44.7 Å². The molecule has 0 aromatic heterocycles. The second-order valence-electron chi connectivity index (χ2n) is 3.51. The average Bonchev–Trinajstić information content (AvgIpc) is 1.97. The molecule has 11 heavy (non-hydrogen) atoms. The summed E-state index contributed by atoms with van der Waals surface area (Å²) in [5, 5.41) is 0. The van der Waals surface area contributed by atoms with E-state index in [0.717, 1.165) is 6.54 Å². The Labute approximate surface area is 69.5 Å². The Bertz CT molecular complexity index is 184. The van der Waals surface area contributed by atoms with Crippen molar-refractivity contribution in [2.75, 3.05) is 20.6 Å². The van der Waals surface area contributed by atoms with E-state index in [9.17, 15) is 0 Å². The van der Waals surface area contributed by atoms with E-state index < -0.39 is 0 Å². The molecule has 0 aliphatic carbocycles. The van der Waals surface area contributed by atoms with Crippen LogP contribution in [0.15, 0.2) is 11.4 Å². The molecular formula is C9H18N2. The molecule has 1 aliphatic rings. The fraction of sp³-hybridized carbons (Fsp3) is 0.778. The van der Waals surface area contributed by atoms with Gasteiger partial charge in [0.2, 0.25) is 0 Å². The first-order valence-corrected chi connectivity index (χ1v) is 4.15. The second-order valence-corrected chi connectivity index (χ2v) is 3.51. The van der Waals surface area contributed by atoms with Crippen molar-refractivity contribution in [3.05, 3.63) is 11.4 Å². The van der Waals surface area contributed by atoms with E-state index in [1.807, 2.05) is 0 Å². The molecule has 1 unspecified atom stereocenters. The average molecular weight is 154 g/mol. The molecule has 1 aliphatic heterocycles. The van der Waals surface area contributed by atoms with Gasteiger partial charge in [0.05, 0.1) is 0 Å². The lowest BCUT2D eigenvalue weighted by Crippen LogP contribution is -2.43. The van der Waals surface area contributed by atoms with Gasteiger partial charge in [-0.25, -0.2) is 0 Å². The van der Waals surface area contributed by atoms with E-state index in [1.54, 1.807) is 0 Å². The standard InChI is InChI=1S/C9H18N2/c1-7-6-10(4)8(2)9(3)11(7)5/h7H,6H2,1-5H3. The number of allylic oxidation sites excluding steroid dienone is 2. The van der Waals surface area contributed by atoms with E-state index in [1.165, 1.54) is 11.4 Å². The van der Waals surface area contributed by atoms with Crippen molar-refractivity contribution in [3.63, 3.8) is 0 Å². The molecule has 0 aromatic rings. The monoisotopic (exact) mass is 154 g/mol. The van der Waals surface area contributed by atoms with Crippen LogP contribution in [0.3, 0.4) is 0 Å². The van der Waals surface area contributed by atoms with Gasteiger partial charge in [-0.05, 0) is 20.8 Å². The SMILES string of the molecule is CC1=C(C)N(C)C(C)CN1C. The zero-order valence-corrected chi connectivity index (χ0v) is 8.18. The first-order chi connectivity index (χ1) is 5.04. The molecule has 0 saturated heterocycles. The minimum Gasteiger partial charge on any atom is -0.375 e. The van der Waals surface area contributed by atoms with Crippen molar-refractivity contribution in [2.24, 2.45) is 0 Å². The summed E-state index contributed by atoms with van der Waals surface area (Å²) in [4.78, 5) is 4.66. The Balaban J connectivity index is 2.89. The Morgan fingerprint density at radius 1 is 1.18 bits per heavy atom. The van der Waals surface area contributed by atoms with E-state index in [-0.39, 0.29) is 0 Å². The highest BCUT2D eigenvalue weighted by Gasteiger charge is 2.20. The van der Waals surface area contributed by atoms with Gasteiger partial charge in [-0.1, -0.05) is 0 Å². The molecule has 1 rings (SSSR count). The van der Waals surface area contributed by atoms with Crippen LogP contribution in [-0.2, 0) is 0 Å². The van der Waals surface area contributed by atoms with Gasteiger partial charge < -0.3 is 9.80 Å². The number of hydrogen-bond acceptors (Lipinski definition) is 2. The van der Waals surface area contributed by atoms with Crippen molar-refractivity contribution >= 4 is 0 Å². The summed E-state index contributed by atoms with van der Waals surface area (Å²) in [5.74, 6) is 0. The molecule has 0 saturated carbocycles. The van der Waals surface area contributed by atoms with Crippen LogP contribution in [0, 0.1) is 0 Å². The lowest BCUT2D eigenvalue weighted by atomic mass is 10.1. The maximum atomic E-state index is 2.34. The Kier molecular flexibility index (Phi) is 2.12. The van der Waals surface area contributed by atoms with Crippen LogP contribution in [0.1, 0.15) is 20.8 Å². The Morgan fingerprint density at radius 3 is 2.27 bits per heavy atom. The topological polar surface area (TPSA) is 6.48 Å². The highest BCUT2D eigenvalue weighted by Crippen LogP contribution is 2.19. The summed E-state index contributed by atoms with van der Waals surface area (Å²) in [5.41, 5.74) is 2.79. The molecule has 2 nitrogen and oxygen atoms in total. The molecule has 0 radical (unpaired) electrons. The Hall–Kier alpha value is -0.660. The predicted molar refractivity (Wildman–Crippen MR) is 48.2 cm³/mol. The minimum atomic E-state index is 0.642. The molecule has 64 valence electrons. The normalized spacial score (nSPS) is 26.5. The van der Waals surface area contributed by atoms with Crippen LogP contribution in [0.25, 0.3) is 0 Å². The van der Waals surface area contributed by atoms with Gasteiger partial charge in [0.15, 0.2) is 0 Å². The maximum absolute atomic E-state index is 2.34. The second kappa shape index (κ2) is 2.76. The zero-order valence-electron chi connectivity index (χ0n) is 8.18. The smallest absolute Gasteiger partial charge is 0.0431 e. The quantitative estimate of drug-likeness (QED) is 0.522. The van der Waals surface area contributed by atoms with Crippen molar-refractivity contribution in [1.29, 1.82) is 0 Å². The third-order valence-corrected chi connectivity index (χ3v) is 2.82. The summed E-state index contributed by atoms with van der Waals surface area (Å²) in [7, 11) is 4.32. The van der Waals surface area contributed by atoms with Crippen LogP contribution < -0.4 is 0 Å². The molecular weight excluding hydrogens is 136 g/mol. The molecule has 0 fully saturated rings. The highest BCUT2D eigenvalue weighted by molar-refractivity contribution is 5.11. The largest absolute Gasteiger partial charge is 0.375 e. The van der Waals surface area contributed by atoms with Crippen molar-refractivity contribution in [1.82, 2.24) is 9.80 Å². The van der Waals surface area contributed by atoms with Gasteiger partial charge in [0.25, 0.3) is 0 Å². The molecule has 1 atom stereocenters. The van der Waals surface area contributed by atoms with Crippen LogP contribution >= 0.6 is 0 Å². The zero-order chi connectivity index (χ0) is 8.59. The van der Waals surface area contributed by atoms with E-state index in [4.69, 9.17) is 0 Å². The van der Waals surface area contributed by atoms with Gasteiger partial charge >= 0.3 is 0 Å². The molecule has 0 spiro atoms. The van der Waals surface area contributed by atoms with Crippen LogP contribution in [-0.4, -0.2) is 36.5 Å². The van der Waals surface area contributed by atoms with Gasteiger partial charge in [-0.3, -0.25) is 0 Å². The minimum absolute atomic E-state index is 0.642. The molecule has 0 N–H and O–H groups in total. The fourth-order valence-electron chi connectivity index (χ4n) is 1.52. The lowest BCUT2D eigenvalue weighted by molar-refractivity contribution is 0.210. The van der Waals surface area contributed by atoms with Gasteiger partial charge in [-0.2, -0.15) is 0 Å². The predicted octanol–water partition coefficient (Wildman–Crippen LogP) is 1.50. The third-order valence-electron chi connectivity index (χ3n) is 2.82. The number of nitrogens with zero attached hydrogens (tertiary/aromatic N) is 2. The molecule has 0 amide bonds. The van der Waals surface area contributed by atoms with Crippen molar-refractivity contribution < 1.29 is 0 Å². The maximum Gasteiger partial charge on any atom is 0.0431 e. The van der Waals surface area contributed by atoms with Gasteiger partial charge in [0, 0.05) is 38.1 Å². The summed E-state index contributed by atoms with van der Waals surface area (Å²) >= 11 is 0. The number of likely N-dealkylation sites (N-methyl/N-ethyl adjacent to an activating group) is 2. The molecule has 2 heteroatoms. The van der Waals surface area contributed by atoms with Crippen LogP contribution in [0.2, 0.25) is 0 Å². The molecule has 1 heterocycles. The first kappa shape index (κ1) is 8.44. The highest BCUT2D eigenvalue weighted by atomic mass is 15.3. The van der Waals surface area contributed by atoms with E-state index >= 15 is 0 Å². The third kappa shape index (κ3) is 1.35. The molecule has 0 bridgehead atoms. The van der Waals surface area contributed by atoms with E-state index in [0.29, 0.717) is 6.04 Å². The van der Waals surface area contributed by atoms with Gasteiger partial charge in [-0.15, -0.1) is 0 Å². The fourth-order valence-corrected chi connectivity index (χ4v) is 1.52. The van der Waals surface area contributed by atoms with Gasteiger partial charge in [0.1, 0.15) is 0 Å². The first-order valence-electron chi connectivity index (χ1n) is 4.15. The summed E-state index contributed by atoms with van der Waals surface area (Å²) in [6.45, 7) is 7.76. The summed E-state index contributed by atoms with van der Waals surface area (Å²) < 4.78 is 0. The van der Waals surface area contributed by atoms with Crippen LogP contribution in [0.4, 0.5) is 0 Å². The summed E-state index contributed by atoms with van der Waals surface area (Å²) in [6.07, 6.45) is 0. The number of rotatable bonds is 0. The molecule has 0 aromatic carbocycles. The van der Waals surface area contributed by atoms with Crippen LogP contribution in [0.5, 0.6) is 0 Å². The number of hydrogen-bond donors (Lipinski definition) is 0. The Morgan fingerprint density at radius 2 is 1.73 bits per heavy atom. The van der Waals surface area contributed by atoms with Crippen molar-refractivity contribution in [2.45, 2.75) is 26.8 Å². The summed E-state index contributed by atoms with van der Waals surface area (Å²) in [6, 6.07) is 0.642. The van der Waals surface area contributed by atoms with Crippen molar-refractivity contribution in [3.8, 4) is 0 Å².